The number of nitrogens with zero attached hydrogens (tertiary/aromatic N) is 3. The van der Waals surface area contributed by atoms with Crippen molar-refractivity contribution in [3.05, 3.63) is 74.9 Å². The molecule has 1 aromatic heterocycles. The lowest BCUT2D eigenvalue weighted by Crippen LogP contribution is -2.12. The molecule has 2 aromatic carbocycles. The van der Waals surface area contributed by atoms with E-state index in [0.717, 1.165) is 23.4 Å². The molecule has 0 spiro atoms. The smallest absolute Gasteiger partial charge is 0.258 e. The van der Waals surface area contributed by atoms with Crippen LogP contribution in [-0.2, 0) is 6.18 Å². The first kappa shape index (κ1) is 19.4. The van der Waals surface area contributed by atoms with Gasteiger partial charge in [0.05, 0.1) is 17.5 Å². The van der Waals surface area contributed by atoms with Crippen molar-refractivity contribution in [2.45, 2.75) is 13.1 Å². The molecule has 0 aliphatic carbocycles. The van der Waals surface area contributed by atoms with Crippen LogP contribution in [0.3, 0.4) is 0 Å². The molecule has 8 heteroatoms. The summed E-state index contributed by atoms with van der Waals surface area (Å²) in [6, 6.07) is 12.2. The van der Waals surface area contributed by atoms with Crippen LogP contribution in [0.4, 0.5) is 13.2 Å². The summed E-state index contributed by atoms with van der Waals surface area (Å²) in [6.45, 7) is 2.52. The van der Waals surface area contributed by atoms with Gasteiger partial charge in [-0.15, -0.1) is 11.3 Å². The largest absolute Gasteiger partial charge is 0.416 e. The molecule has 0 bridgehead atoms. The standard InChI is InChI=1S/C19H15ClF3N3S/c1-2-24-18-26(17(12-27-18)14-5-9-16(20)10-6-14)25-11-13-3-7-15(8-4-13)19(21,22)23/h3-12H,2H2,1H3. The molecular formula is C19H15ClF3N3S. The third kappa shape index (κ3) is 4.67. The average molecular weight is 410 g/mol. The fourth-order valence-electron chi connectivity index (χ4n) is 2.36. The first-order valence-electron chi connectivity index (χ1n) is 8.07. The van der Waals surface area contributed by atoms with Crippen molar-refractivity contribution in [3.8, 4) is 11.3 Å². The lowest BCUT2D eigenvalue weighted by atomic mass is 10.1. The van der Waals surface area contributed by atoms with E-state index in [9.17, 15) is 13.2 Å². The number of hydrogen-bond donors (Lipinski definition) is 0. The highest BCUT2D eigenvalue weighted by atomic mass is 35.5. The van der Waals surface area contributed by atoms with Crippen LogP contribution in [0.2, 0.25) is 5.02 Å². The second kappa shape index (κ2) is 8.10. The highest BCUT2D eigenvalue weighted by molar-refractivity contribution is 7.07. The monoisotopic (exact) mass is 409 g/mol. The van der Waals surface area contributed by atoms with Crippen LogP contribution in [0.1, 0.15) is 18.1 Å². The Morgan fingerprint density at radius 3 is 2.33 bits per heavy atom. The van der Waals surface area contributed by atoms with E-state index < -0.39 is 11.7 Å². The maximum atomic E-state index is 12.7. The molecule has 3 nitrogen and oxygen atoms in total. The normalized spacial score (nSPS) is 12.9. The molecule has 0 aliphatic rings. The quantitative estimate of drug-likeness (QED) is 0.495. The highest BCUT2D eigenvalue weighted by Crippen LogP contribution is 2.29. The van der Waals surface area contributed by atoms with Gasteiger partial charge >= 0.3 is 6.18 Å². The molecule has 0 amide bonds. The molecule has 0 aliphatic heterocycles. The Labute approximate surface area is 163 Å². The van der Waals surface area contributed by atoms with Gasteiger partial charge in [0.1, 0.15) is 0 Å². The Balaban J connectivity index is 1.98. The first-order chi connectivity index (χ1) is 12.9. The van der Waals surface area contributed by atoms with E-state index in [-0.39, 0.29) is 0 Å². The zero-order valence-corrected chi connectivity index (χ0v) is 15.8. The van der Waals surface area contributed by atoms with Crippen LogP contribution in [0.25, 0.3) is 11.3 Å². The van der Waals surface area contributed by atoms with Crippen molar-refractivity contribution in [3.63, 3.8) is 0 Å². The Hall–Kier alpha value is -2.38. The zero-order chi connectivity index (χ0) is 19.4. The summed E-state index contributed by atoms with van der Waals surface area (Å²) in [4.78, 5) is 5.12. The SMILES string of the molecule is CCN=c1scc(-c2ccc(Cl)cc2)n1N=Cc1ccc(C(F)(F)F)cc1. The minimum absolute atomic E-state index is 0.561. The topological polar surface area (TPSA) is 29.6 Å². The number of halogens is 4. The lowest BCUT2D eigenvalue weighted by Gasteiger charge is -2.06. The Morgan fingerprint density at radius 2 is 1.74 bits per heavy atom. The zero-order valence-electron chi connectivity index (χ0n) is 14.2. The van der Waals surface area contributed by atoms with Crippen molar-refractivity contribution in [1.29, 1.82) is 0 Å². The van der Waals surface area contributed by atoms with Gasteiger partial charge in [-0.05, 0) is 36.8 Å². The van der Waals surface area contributed by atoms with Gasteiger partial charge in [0, 0.05) is 22.5 Å². The van der Waals surface area contributed by atoms with Crippen LogP contribution in [-0.4, -0.2) is 17.4 Å². The van der Waals surface area contributed by atoms with Crippen molar-refractivity contribution in [2.75, 3.05) is 6.54 Å². The fraction of sp³-hybridized carbons (Fsp3) is 0.158. The molecule has 0 saturated heterocycles. The van der Waals surface area contributed by atoms with Crippen molar-refractivity contribution >= 4 is 29.2 Å². The van der Waals surface area contributed by atoms with Crippen molar-refractivity contribution in [2.24, 2.45) is 10.1 Å². The predicted octanol–water partition coefficient (Wildman–Crippen LogP) is 5.69. The number of alkyl halides is 3. The molecule has 1 heterocycles. The average Bonchev–Trinajstić information content (AvgIpc) is 3.03. The number of aromatic nitrogens is 1. The maximum Gasteiger partial charge on any atom is 0.416 e. The van der Waals surface area contributed by atoms with Crippen LogP contribution in [0, 0.1) is 0 Å². The van der Waals surface area contributed by atoms with E-state index >= 15 is 0 Å². The summed E-state index contributed by atoms with van der Waals surface area (Å²) in [6.07, 6.45) is -2.84. The maximum absolute atomic E-state index is 12.7. The molecular weight excluding hydrogens is 395 g/mol. The Kier molecular flexibility index (Phi) is 5.82. The van der Waals surface area contributed by atoms with Gasteiger partial charge in [-0.1, -0.05) is 35.9 Å². The third-order valence-corrected chi connectivity index (χ3v) is 4.78. The van der Waals surface area contributed by atoms with Crippen LogP contribution in [0.15, 0.2) is 64.0 Å². The number of rotatable bonds is 4. The first-order valence-corrected chi connectivity index (χ1v) is 9.33. The predicted molar refractivity (Wildman–Crippen MR) is 103 cm³/mol. The number of hydrogen-bond acceptors (Lipinski definition) is 3. The minimum atomic E-state index is -4.35. The minimum Gasteiger partial charge on any atom is -0.258 e. The van der Waals surface area contributed by atoms with Gasteiger partial charge < -0.3 is 0 Å². The van der Waals surface area contributed by atoms with Gasteiger partial charge in [0.15, 0.2) is 0 Å². The van der Waals surface area contributed by atoms with Crippen molar-refractivity contribution < 1.29 is 13.2 Å². The van der Waals surface area contributed by atoms with E-state index in [1.807, 2.05) is 24.4 Å². The third-order valence-electron chi connectivity index (χ3n) is 3.68. The molecule has 3 rings (SSSR count). The summed E-state index contributed by atoms with van der Waals surface area (Å²) in [5.41, 5.74) is 1.61. The second-order valence-corrected chi connectivity index (χ2v) is 6.83. The molecule has 3 aromatic rings. The van der Waals surface area contributed by atoms with E-state index in [4.69, 9.17) is 11.6 Å². The van der Waals surface area contributed by atoms with Gasteiger partial charge in [-0.3, -0.25) is 4.99 Å². The van der Waals surface area contributed by atoms with Crippen LogP contribution >= 0.6 is 22.9 Å². The second-order valence-electron chi connectivity index (χ2n) is 5.56. The molecule has 0 atom stereocenters. The summed E-state index contributed by atoms with van der Waals surface area (Å²) >= 11 is 7.39. The summed E-state index contributed by atoms with van der Waals surface area (Å²) < 4.78 is 39.7. The molecule has 27 heavy (non-hydrogen) atoms. The van der Waals surface area contributed by atoms with Gasteiger partial charge in [-0.25, -0.2) is 4.68 Å². The molecule has 0 radical (unpaired) electrons. The number of thiazole rings is 1. The van der Waals surface area contributed by atoms with Gasteiger partial charge in [-0.2, -0.15) is 18.3 Å². The lowest BCUT2D eigenvalue weighted by molar-refractivity contribution is -0.137. The molecule has 0 fully saturated rings. The van der Waals surface area contributed by atoms with Crippen LogP contribution < -0.4 is 4.80 Å². The summed E-state index contributed by atoms with van der Waals surface area (Å²) in [7, 11) is 0. The Morgan fingerprint density at radius 1 is 1.07 bits per heavy atom. The molecule has 140 valence electrons. The highest BCUT2D eigenvalue weighted by Gasteiger charge is 2.29. The van der Waals surface area contributed by atoms with Crippen molar-refractivity contribution in [1.82, 2.24) is 4.68 Å². The number of benzene rings is 2. The van der Waals surface area contributed by atoms with E-state index in [2.05, 4.69) is 10.1 Å². The van der Waals surface area contributed by atoms with Crippen LogP contribution in [0.5, 0.6) is 0 Å². The van der Waals surface area contributed by atoms with Gasteiger partial charge in [0.25, 0.3) is 0 Å². The summed E-state index contributed by atoms with van der Waals surface area (Å²) in [5.74, 6) is 0. The molecule has 0 unspecified atom stereocenters. The van der Waals surface area contributed by atoms with E-state index in [0.29, 0.717) is 21.9 Å². The fourth-order valence-corrected chi connectivity index (χ4v) is 3.38. The van der Waals surface area contributed by atoms with E-state index in [1.165, 1.54) is 29.7 Å². The van der Waals surface area contributed by atoms with E-state index in [1.54, 1.807) is 16.8 Å². The molecule has 0 saturated carbocycles. The Bertz CT molecular complexity index is 1000. The summed E-state index contributed by atoms with van der Waals surface area (Å²) in [5, 5.41) is 7.00. The van der Waals surface area contributed by atoms with Gasteiger partial charge in [0.2, 0.25) is 4.80 Å². The molecule has 0 N–H and O–H groups in total.